The molecule has 1 aromatic carbocycles. The molecule has 0 saturated heterocycles. The fourth-order valence-corrected chi connectivity index (χ4v) is 2.89. The van der Waals surface area contributed by atoms with Gasteiger partial charge in [-0.1, -0.05) is 6.07 Å². The number of ether oxygens (including phenoxy) is 1. The van der Waals surface area contributed by atoms with Crippen molar-refractivity contribution >= 4 is 16.3 Å². The molecule has 0 radical (unpaired) electrons. The van der Waals surface area contributed by atoms with Crippen molar-refractivity contribution in [1.82, 2.24) is 0 Å². The Morgan fingerprint density at radius 1 is 1.06 bits per heavy atom. The van der Waals surface area contributed by atoms with Crippen LogP contribution in [0, 0.1) is 20.8 Å². The zero-order valence-electron chi connectivity index (χ0n) is 10.6. The highest BCUT2D eigenvalue weighted by Gasteiger charge is 2.12. The zero-order valence-corrected chi connectivity index (χ0v) is 11.4. The molecular formula is C14H17NOS. The van der Waals surface area contributed by atoms with Gasteiger partial charge in [0.25, 0.3) is 0 Å². The van der Waals surface area contributed by atoms with Crippen molar-refractivity contribution in [3.05, 3.63) is 34.2 Å². The van der Waals surface area contributed by atoms with Crippen molar-refractivity contribution in [2.24, 2.45) is 0 Å². The lowest BCUT2D eigenvalue weighted by Gasteiger charge is -2.12. The lowest BCUT2D eigenvalue weighted by atomic mass is 9.97. The Kier molecular flexibility index (Phi) is 3.11. The molecule has 3 heteroatoms. The minimum atomic E-state index is 0.866. The summed E-state index contributed by atoms with van der Waals surface area (Å²) in [4.78, 5) is 1.26. The smallest absolute Gasteiger partial charge is 0.122 e. The normalized spacial score (nSPS) is 10.6. The van der Waals surface area contributed by atoms with Gasteiger partial charge >= 0.3 is 0 Å². The molecule has 2 rings (SSSR count). The van der Waals surface area contributed by atoms with Gasteiger partial charge in [-0.15, -0.1) is 11.3 Å². The van der Waals surface area contributed by atoms with E-state index in [2.05, 4.69) is 26.8 Å². The van der Waals surface area contributed by atoms with Crippen molar-refractivity contribution in [3.63, 3.8) is 0 Å². The summed E-state index contributed by atoms with van der Waals surface area (Å²) >= 11 is 1.64. The Morgan fingerprint density at radius 2 is 1.76 bits per heavy atom. The van der Waals surface area contributed by atoms with Crippen molar-refractivity contribution in [3.8, 4) is 16.9 Å². The van der Waals surface area contributed by atoms with E-state index in [0.717, 1.165) is 10.8 Å². The van der Waals surface area contributed by atoms with Crippen LogP contribution in [-0.2, 0) is 0 Å². The lowest BCUT2D eigenvalue weighted by Crippen LogP contribution is -1.92. The Labute approximate surface area is 106 Å². The third-order valence-corrected chi connectivity index (χ3v) is 4.06. The van der Waals surface area contributed by atoms with E-state index in [4.69, 9.17) is 10.5 Å². The summed E-state index contributed by atoms with van der Waals surface area (Å²) in [5.41, 5.74) is 10.8. The molecule has 1 aromatic heterocycles. The second kappa shape index (κ2) is 4.41. The molecule has 1 heterocycles. The summed E-state index contributed by atoms with van der Waals surface area (Å²) in [6.07, 6.45) is 0. The molecule has 0 aliphatic heterocycles. The maximum absolute atomic E-state index is 5.85. The average Bonchev–Trinajstić information content (AvgIpc) is 2.62. The molecule has 0 unspecified atom stereocenters. The number of anilines is 1. The number of hydrogen-bond donors (Lipinski definition) is 1. The highest BCUT2D eigenvalue weighted by molar-refractivity contribution is 7.16. The van der Waals surface area contributed by atoms with Gasteiger partial charge < -0.3 is 10.5 Å². The predicted octanol–water partition coefficient (Wildman–Crippen LogP) is 3.93. The maximum Gasteiger partial charge on any atom is 0.122 e. The molecule has 0 bridgehead atoms. The number of methoxy groups -OCH3 is 1. The van der Waals surface area contributed by atoms with E-state index in [9.17, 15) is 0 Å². The van der Waals surface area contributed by atoms with Gasteiger partial charge in [-0.05, 0) is 55.2 Å². The largest absolute Gasteiger partial charge is 0.496 e. The highest BCUT2D eigenvalue weighted by Crippen LogP contribution is 2.37. The van der Waals surface area contributed by atoms with E-state index < -0.39 is 0 Å². The van der Waals surface area contributed by atoms with Crippen LogP contribution < -0.4 is 10.5 Å². The molecule has 2 nitrogen and oxygen atoms in total. The number of hydrogen-bond acceptors (Lipinski definition) is 3. The standard InChI is InChI=1S/C14H17NOS/c1-8-9(2)13(16-4)6-5-11(8)12-7-14(15)17-10(12)3/h5-7H,15H2,1-4H3. The van der Waals surface area contributed by atoms with Crippen molar-refractivity contribution < 1.29 is 4.74 Å². The van der Waals surface area contributed by atoms with Crippen LogP contribution in [0.15, 0.2) is 18.2 Å². The molecule has 0 amide bonds. The third-order valence-electron chi connectivity index (χ3n) is 3.18. The van der Waals surface area contributed by atoms with Crippen LogP contribution in [0.3, 0.4) is 0 Å². The van der Waals surface area contributed by atoms with Gasteiger partial charge in [0.2, 0.25) is 0 Å². The van der Waals surface area contributed by atoms with E-state index >= 15 is 0 Å². The SMILES string of the molecule is COc1ccc(-c2cc(N)sc2C)c(C)c1C. The topological polar surface area (TPSA) is 35.2 Å². The number of thiophene rings is 1. The quantitative estimate of drug-likeness (QED) is 0.872. The van der Waals surface area contributed by atoms with Crippen LogP contribution in [0.2, 0.25) is 0 Å². The monoisotopic (exact) mass is 247 g/mol. The minimum absolute atomic E-state index is 0.866. The molecule has 2 aromatic rings. The van der Waals surface area contributed by atoms with Gasteiger partial charge in [0.1, 0.15) is 5.75 Å². The molecule has 2 N–H and O–H groups in total. The number of nitrogens with two attached hydrogens (primary N) is 1. The molecule has 0 aliphatic rings. The first-order chi connectivity index (χ1) is 8.04. The van der Waals surface area contributed by atoms with Gasteiger partial charge in [0.15, 0.2) is 0 Å². The van der Waals surface area contributed by atoms with Gasteiger partial charge in [-0.3, -0.25) is 0 Å². The van der Waals surface area contributed by atoms with Crippen LogP contribution >= 0.6 is 11.3 Å². The predicted molar refractivity (Wildman–Crippen MR) is 74.9 cm³/mol. The number of benzene rings is 1. The first-order valence-electron chi connectivity index (χ1n) is 5.55. The van der Waals surface area contributed by atoms with Gasteiger partial charge in [0, 0.05) is 4.88 Å². The summed E-state index contributed by atoms with van der Waals surface area (Å²) in [6, 6.07) is 6.18. The Bertz CT molecular complexity index is 558. The first kappa shape index (κ1) is 12.0. The van der Waals surface area contributed by atoms with Gasteiger partial charge in [-0.25, -0.2) is 0 Å². The van der Waals surface area contributed by atoms with Crippen molar-refractivity contribution in [2.45, 2.75) is 20.8 Å². The second-order valence-corrected chi connectivity index (χ2v) is 5.47. The number of rotatable bonds is 2. The van der Waals surface area contributed by atoms with E-state index in [1.165, 1.54) is 27.1 Å². The fourth-order valence-electron chi connectivity index (χ4n) is 2.08. The van der Waals surface area contributed by atoms with Gasteiger partial charge in [-0.2, -0.15) is 0 Å². The molecule has 0 atom stereocenters. The summed E-state index contributed by atoms with van der Waals surface area (Å²) < 4.78 is 5.33. The Balaban J connectivity index is 2.61. The lowest BCUT2D eigenvalue weighted by molar-refractivity contribution is 0.411. The maximum atomic E-state index is 5.85. The van der Waals surface area contributed by atoms with Crippen LogP contribution in [-0.4, -0.2) is 7.11 Å². The first-order valence-corrected chi connectivity index (χ1v) is 6.36. The molecule has 17 heavy (non-hydrogen) atoms. The zero-order chi connectivity index (χ0) is 12.6. The molecule has 0 fully saturated rings. The van der Waals surface area contributed by atoms with Crippen LogP contribution in [0.1, 0.15) is 16.0 Å². The molecule has 0 saturated carbocycles. The second-order valence-electron chi connectivity index (χ2n) is 4.18. The van der Waals surface area contributed by atoms with Crippen molar-refractivity contribution in [1.29, 1.82) is 0 Å². The summed E-state index contributed by atoms with van der Waals surface area (Å²) in [7, 11) is 1.70. The summed E-state index contributed by atoms with van der Waals surface area (Å²) in [6.45, 7) is 6.32. The molecule has 0 spiro atoms. The summed E-state index contributed by atoms with van der Waals surface area (Å²) in [5.74, 6) is 0.937. The van der Waals surface area contributed by atoms with Gasteiger partial charge in [0.05, 0.1) is 12.1 Å². The van der Waals surface area contributed by atoms with E-state index in [1.807, 2.05) is 12.1 Å². The molecular weight excluding hydrogens is 230 g/mol. The Morgan fingerprint density at radius 3 is 2.29 bits per heavy atom. The van der Waals surface area contributed by atoms with E-state index in [1.54, 1.807) is 18.4 Å². The molecule has 90 valence electrons. The Hall–Kier alpha value is -1.48. The van der Waals surface area contributed by atoms with Crippen LogP contribution in [0.25, 0.3) is 11.1 Å². The number of aryl methyl sites for hydroxylation is 1. The highest BCUT2D eigenvalue weighted by atomic mass is 32.1. The summed E-state index contributed by atoms with van der Waals surface area (Å²) in [5, 5.41) is 0.866. The van der Waals surface area contributed by atoms with Crippen molar-refractivity contribution in [2.75, 3.05) is 12.8 Å². The van der Waals surface area contributed by atoms with Crippen LogP contribution in [0.4, 0.5) is 5.00 Å². The fraction of sp³-hybridized carbons (Fsp3) is 0.286. The third kappa shape index (κ3) is 2.03. The molecule has 0 aliphatic carbocycles. The minimum Gasteiger partial charge on any atom is -0.496 e. The van der Waals surface area contributed by atoms with Crippen LogP contribution in [0.5, 0.6) is 5.75 Å². The van der Waals surface area contributed by atoms with E-state index in [-0.39, 0.29) is 0 Å². The average molecular weight is 247 g/mol. The van der Waals surface area contributed by atoms with E-state index in [0.29, 0.717) is 0 Å². The number of nitrogen functional groups attached to an aromatic ring is 1.